The molecule has 0 saturated heterocycles. The van der Waals surface area contributed by atoms with Crippen molar-refractivity contribution in [3.8, 4) is 0 Å². The second kappa shape index (κ2) is 5.90. The molecule has 94 valence electrons. The van der Waals surface area contributed by atoms with Crippen molar-refractivity contribution in [2.45, 2.75) is 5.38 Å². The largest absolute Gasteiger partial charge is 0.112 e. The highest BCUT2D eigenvalue weighted by atomic mass is 35.5. The van der Waals surface area contributed by atoms with Gasteiger partial charge in [-0.2, -0.15) is 0 Å². The van der Waals surface area contributed by atoms with Crippen LogP contribution < -0.4 is 0 Å². The first kappa shape index (κ1) is 14.3. The predicted molar refractivity (Wildman–Crippen MR) is 80.6 cm³/mol. The molecule has 0 aliphatic rings. The van der Waals surface area contributed by atoms with Gasteiger partial charge in [-0.05, 0) is 35.4 Å². The predicted octanol–water partition coefficient (Wildman–Crippen LogP) is 6.63. The van der Waals surface area contributed by atoms with Gasteiger partial charge in [0.15, 0.2) is 0 Å². The second-order valence-electron chi connectivity index (χ2n) is 3.69. The van der Waals surface area contributed by atoms with Crippen LogP contribution in [0.25, 0.3) is 0 Å². The second-order valence-corrected chi connectivity index (χ2v) is 5.82. The minimum Gasteiger partial charge on any atom is -0.112 e. The van der Waals surface area contributed by atoms with Gasteiger partial charge in [-0.25, -0.2) is 0 Å². The summed E-state index contributed by atoms with van der Waals surface area (Å²) in [5.74, 6) is 0. The molecule has 0 radical (unpaired) electrons. The van der Waals surface area contributed by atoms with E-state index in [4.69, 9.17) is 58.0 Å². The van der Waals surface area contributed by atoms with E-state index in [9.17, 15) is 0 Å². The van der Waals surface area contributed by atoms with Gasteiger partial charge in [0, 0.05) is 20.1 Å². The van der Waals surface area contributed by atoms with Crippen molar-refractivity contribution in [2.75, 3.05) is 0 Å². The van der Waals surface area contributed by atoms with Gasteiger partial charge in [-0.1, -0.05) is 58.5 Å². The van der Waals surface area contributed by atoms with E-state index in [0.29, 0.717) is 20.1 Å². The van der Waals surface area contributed by atoms with Gasteiger partial charge in [-0.3, -0.25) is 0 Å². The maximum absolute atomic E-state index is 6.39. The zero-order valence-electron chi connectivity index (χ0n) is 8.93. The maximum Gasteiger partial charge on any atom is 0.0864 e. The quantitative estimate of drug-likeness (QED) is 0.538. The highest BCUT2D eigenvalue weighted by molar-refractivity contribution is 6.37. The Labute approximate surface area is 130 Å². The molecule has 2 aromatic rings. The molecule has 0 spiro atoms. The van der Waals surface area contributed by atoms with Crippen LogP contribution in [0.1, 0.15) is 16.5 Å². The normalized spacial score (nSPS) is 11.0. The summed E-state index contributed by atoms with van der Waals surface area (Å²) in [7, 11) is 0. The molecule has 0 fully saturated rings. The van der Waals surface area contributed by atoms with Gasteiger partial charge in [0.05, 0.1) is 5.38 Å². The van der Waals surface area contributed by atoms with Crippen molar-refractivity contribution >= 4 is 58.0 Å². The minimum atomic E-state index is -0.445. The molecule has 0 aliphatic carbocycles. The van der Waals surface area contributed by atoms with E-state index < -0.39 is 5.38 Å². The molecule has 0 nitrogen and oxygen atoms in total. The molecule has 2 rings (SSSR count). The zero-order chi connectivity index (χ0) is 13.3. The van der Waals surface area contributed by atoms with E-state index in [1.54, 1.807) is 36.4 Å². The molecular formula is C13H7Cl5. The number of hydrogen-bond donors (Lipinski definition) is 0. The van der Waals surface area contributed by atoms with Gasteiger partial charge in [0.2, 0.25) is 0 Å². The van der Waals surface area contributed by atoms with Crippen molar-refractivity contribution in [2.24, 2.45) is 0 Å². The van der Waals surface area contributed by atoms with Crippen molar-refractivity contribution < 1.29 is 0 Å². The van der Waals surface area contributed by atoms with Crippen LogP contribution in [-0.4, -0.2) is 0 Å². The average Bonchev–Trinajstić information content (AvgIpc) is 2.28. The van der Waals surface area contributed by atoms with Gasteiger partial charge in [0.1, 0.15) is 0 Å². The monoisotopic (exact) mass is 338 g/mol. The highest BCUT2D eigenvalue weighted by Crippen LogP contribution is 2.38. The fraction of sp³-hybridized carbons (Fsp3) is 0.0769. The Morgan fingerprint density at radius 2 is 1.06 bits per heavy atom. The third-order valence-electron chi connectivity index (χ3n) is 2.47. The third-order valence-corrected chi connectivity index (χ3v) is 4.07. The van der Waals surface area contributed by atoms with Crippen LogP contribution in [0.2, 0.25) is 20.1 Å². The average molecular weight is 340 g/mol. The lowest BCUT2D eigenvalue weighted by atomic mass is 10.0. The highest BCUT2D eigenvalue weighted by Gasteiger charge is 2.17. The fourth-order valence-electron chi connectivity index (χ4n) is 1.58. The Bertz CT molecular complexity index is 528. The molecule has 0 aromatic heterocycles. The molecule has 0 amide bonds. The van der Waals surface area contributed by atoms with E-state index >= 15 is 0 Å². The summed E-state index contributed by atoms with van der Waals surface area (Å²) < 4.78 is 0. The molecule has 0 saturated carbocycles. The van der Waals surface area contributed by atoms with Crippen LogP contribution in [0, 0.1) is 0 Å². The Morgan fingerprint density at radius 1 is 0.667 bits per heavy atom. The van der Waals surface area contributed by atoms with E-state index in [1.165, 1.54) is 0 Å². The summed E-state index contributed by atoms with van der Waals surface area (Å²) in [5.41, 5.74) is 1.51. The van der Waals surface area contributed by atoms with Crippen LogP contribution in [0.3, 0.4) is 0 Å². The van der Waals surface area contributed by atoms with Crippen molar-refractivity contribution in [3.63, 3.8) is 0 Å². The molecule has 18 heavy (non-hydrogen) atoms. The molecule has 2 aromatic carbocycles. The Balaban J connectivity index is 2.44. The number of halogens is 5. The van der Waals surface area contributed by atoms with E-state index in [0.717, 1.165) is 11.1 Å². The van der Waals surface area contributed by atoms with Crippen LogP contribution in [0.15, 0.2) is 36.4 Å². The molecule has 0 atom stereocenters. The first-order valence-electron chi connectivity index (χ1n) is 5.03. The molecule has 5 heteroatoms. The first-order chi connectivity index (χ1) is 8.49. The summed E-state index contributed by atoms with van der Waals surface area (Å²) in [6.45, 7) is 0. The first-order valence-corrected chi connectivity index (χ1v) is 6.98. The van der Waals surface area contributed by atoms with Gasteiger partial charge < -0.3 is 0 Å². The number of hydrogen-bond acceptors (Lipinski definition) is 0. The van der Waals surface area contributed by atoms with Gasteiger partial charge in [0.25, 0.3) is 0 Å². The molecule has 0 bridgehead atoms. The lowest BCUT2D eigenvalue weighted by Crippen LogP contribution is -1.95. The Kier molecular flexibility index (Phi) is 4.69. The summed E-state index contributed by atoms with van der Waals surface area (Å²) in [6, 6.07) is 10.3. The van der Waals surface area contributed by atoms with Crippen molar-refractivity contribution in [1.82, 2.24) is 0 Å². The Hall–Kier alpha value is -0.110. The summed E-state index contributed by atoms with van der Waals surface area (Å²) in [6.07, 6.45) is 0. The number of benzene rings is 2. The SMILES string of the molecule is Clc1ccc(C(Cl)c2ccc(Cl)cc2Cl)c(Cl)c1. The maximum atomic E-state index is 6.39. The minimum absolute atomic E-state index is 0.445. The van der Waals surface area contributed by atoms with Crippen molar-refractivity contribution in [3.05, 3.63) is 67.6 Å². The smallest absolute Gasteiger partial charge is 0.0864 e. The molecular weight excluding hydrogens is 333 g/mol. The van der Waals surface area contributed by atoms with Crippen LogP contribution in [0.4, 0.5) is 0 Å². The summed E-state index contributed by atoms with van der Waals surface area (Å²) >= 11 is 30.3. The zero-order valence-corrected chi connectivity index (χ0v) is 12.7. The lowest BCUT2D eigenvalue weighted by molar-refractivity contribution is 1.14. The van der Waals surface area contributed by atoms with Crippen LogP contribution in [-0.2, 0) is 0 Å². The third kappa shape index (κ3) is 3.07. The number of alkyl halides is 1. The van der Waals surface area contributed by atoms with Gasteiger partial charge in [-0.15, -0.1) is 11.6 Å². The van der Waals surface area contributed by atoms with E-state index in [-0.39, 0.29) is 0 Å². The summed E-state index contributed by atoms with van der Waals surface area (Å²) in [4.78, 5) is 0. The summed E-state index contributed by atoms with van der Waals surface area (Å²) in [5, 5.41) is 1.70. The van der Waals surface area contributed by atoms with E-state index in [2.05, 4.69) is 0 Å². The molecule has 0 unspecified atom stereocenters. The Morgan fingerprint density at radius 3 is 1.39 bits per heavy atom. The molecule has 0 aliphatic heterocycles. The van der Waals surface area contributed by atoms with Crippen LogP contribution in [0.5, 0.6) is 0 Å². The van der Waals surface area contributed by atoms with Gasteiger partial charge >= 0.3 is 0 Å². The van der Waals surface area contributed by atoms with E-state index in [1.807, 2.05) is 0 Å². The van der Waals surface area contributed by atoms with Crippen LogP contribution >= 0.6 is 58.0 Å². The molecule has 0 N–H and O–H groups in total. The number of rotatable bonds is 2. The van der Waals surface area contributed by atoms with Crippen molar-refractivity contribution in [1.29, 1.82) is 0 Å². The molecule has 0 heterocycles. The lowest BCUT2D eigenvalue weighted by Gasteiger charge is -2.14. The standard InChI is InChI=1S/C13H7Cl5/c14-7-1-3-9(11(16)5-7)13(18)10-4-2-8(15)6-12(10)17/h1-6,13H. The topological polar surface area (TPSA) is 0 Å². The fourth-order valence-corrected chi connectivity index (χ4v) is 3.11.